The number of aryl methyl sites for hydroxylation is 1. The van der Waals surface area contributed by atoms with E-state index in [1.807, 2.05) is 0 Å². The third-order valence-corrected chi connectivity index (χ3v) is 3.44. The van der Waals surface area contributed by atoms with Crippen molar-refractivity contribution in [3.63, 3.8) is 0 Å². The molecule has 0 radical (unpaired) electrons. The van der Waals surface area contributed by atoms with Gasteiger partial charge in [-0.2, -0.15) is 0 Å². The first-order valence-electron chi connectivity index (χ1n) is 7.12. The molecule has 0 aromatic heterocycles. The number of rotatable bonds is 6. The predicted octanol–water partition coefficient (Wildman–Crippen LogP) is 4.23. The van der Waals surface area contributed by atoms with Crippen molar-refractivity contribution in [2.75, 3.05) is 17.2 Å². The van der Waals surface area contributed by atoms with Crippen molar-refractivity contribution in [1.29, 1.82) is 0 Å². The fourth-order valence-electron chi connectivity index (χ4n) is 2.50. The van der Waals surface area contributed by atoms with Gasteiger partial charge in [-0.15, -0.1) is 0 Å². The quantitative estimate of drug-likeness (QED) is 0.763. The number of nitrogens with zero attached hydrogens (tertiary/aromatic N) is 1. The second-order valence-electron chi connectivity index (χ2n) is 5.58. The Morgan fingerprint density at radius 3 is 2.22 bits per heavy atom. The fourth-order valence-corrected chi connectivity index (χ4v) is 2.50. The van der Waals surface area contributed by atoms with Crippen LogP contribution in [-0.4, -0.2) is 12.6 Å². The summed E-state index contributed by atoms with van der Waals surface area (Å²) in [6.07, 6.45) is 2.33. The van der Waals surface area contributed by atoms with Gasteiger partial charge in [0.2, 0.25) is 0 Å². The average Bonchev–Trinajstić information content (AvgIpc) is 2.29. The Balaban J connectivity index is 3.08. The zero-order chi connectivity index (χ0) is 13.7. The van der Waals surface area contributed by atoms with Crippen LogP contribution in [0.5, 0.6) is 0 Å². The first-order chi connectivity index (χ1) is 8.49. The summed E-state index contributed by atoms with van der Waals surface area (Å²) in [5.41, 5.74) is 9.53. The molecule has 0 heterocycles. The van der Waals surface area contributed by atoms with E-state index >= 15 is 0 Å². The maximum absolute atomic E-state index is 6.20. The monoisotopic (exact) mass is 248 g/mol. The van der Waals surface area contributed by atoms with Crippen molar-refractivity contribution in [2.45, 2.75) is 53.5 Å². The molecule has 1 aromatic rings. The lowest BCUT2D eigenvalue weighted by Gasteiger charge is -2.35. The van der Waals surface area contributed by atoms with Crippen LogP contribution in [0.2, 0.25) is 0 Å². The highest BCUT2D eigenvalue weighted by molar-refractivity contribution is 5.68. The topological polar surface area (TPSA) is 29.3 Å². The van der Waals surface area contributed by atoms with E-state index in [9.17, 15) is 0 Å². The summed E-state index contributed by atoms with van der Waals surface area (Å²) in [5.74, 6) is 0.645. The Hall–Kier alpha value is -1.18. The second-order valence-corrected chi connectivity index (χ2v) is 5.58. The van der Waals surface area contributed by atoms with Crippen molar-refractivity contribution >= 4 is 11.4 Å². The summed E-state index contributed by atoms with van der Waals surface area (Å²) >= 11 is 0. The Bertz CT molecular complexity index is 367. The summed E-state index contributed by atoms with van der Waals surface area (Å²) in [6.45, 7) is 12.2. The number of hydrogen-bond donors (Lipinski definition) is 1. The summed E-state index contributed by atoms with van der Waals surface area (Å²) in [7, 11) is 0. The van der Waals surface area contributed by atoms with Crippen LogP contribution < -0.4 is 10.6 Å². The van der Waals surface area contributed by atoms with Crippen LogP contribution in [0.15, 0.2) is 18.2 Å². The van der Waals surface area contributed by atoms with Gasteiger partial charge in [0.05, 0.1) is 11.4 Å². The Kier molecular flexibility index (Phi) is 5.52. The molecule has 1 aromatic carbocycles. The molecule has 0 bridgehead atoms. The molecule has 0 saturated carbocycles. The molecule has 2 nitrogen and oxygen atoms in total. The van der Waals surface area contributed by atoms with Gasteiger partial charge in [-0.3, -0.25) is 0 Å². The van der Waals surface area contributed by atoms with Gasteiger partial charge in [-0.1, -0.05) is 33.8 Å². The van der Waals surface area contributed by atoms with Crippen molar-refractivity contribution in [1.82, 2.24) is 0 Å². The number of hydrogen-bond acceptors (Lipinski definition) is 2. The highest BCUT2D eigenvalue weighted by atomic mass is 15.2. The van der Waals surface area contributed by atoms with Gasteiger partial charge in [0, 0.05) is 12.6 Å². The Morgan fingerprint density at radius 1 is 1.17 bits per heavy atom. The van der Waals surface area contributed by atoms with Gasteiger partial charge in [-0.25, -0.2) is 0 Å². The first-order valence-corrected chi connectivity index (χ1v) is 7.12. The molecule has 0 spiro atoms. The molecule has 0 atom stereocenters. The second kappa shape index (κ2) is 6.67. The maximum atomic E-state index is 6.20. The smallest absolute Gasteiger partial charge is 0.0602 e. The normalized spacial score (nSPS) is 11.3. The van der Waals surface area contributed by atoms with Crippen molar-refractivity contribution in [3.05, 3.63) is 23.8 Å². The van der Waals surface area contributed by atoms with Crippen molar-refractivity contribution < 1.29 is 0 Å². The van der Waals surface area contributed by atoms with Gasteiger partial charge in [0.25, 0.3) is 0 Å². The molecule has 18 heavy (non-hydrogen) atoms. The third kappa shape index (κ3) is 3.66. The lowest BCUT2D eigenvalue weighted by atomic mass is 10.0. The minimum atomic E-state index is 0.581. The largest absolute Gasteiger partial charge is 0.397 e. The highest BCUT2D eigenvalue weighted by Crippen LogP contribution is 2.28. The lowest BCUT2D eigenvalue weighted by molar-refractivity contribution is 0.508. The average molecular weight is 248 g/mol. The summed E-state index contributed by atoms with van der Waals surface area (Å²) in [4.78, 5) is 2.49. The zero-order valence-electron chi connectivity index (χ0n) is 12.5. The molecule has 0 aliphatic rings. The predicted molar refractivity (Wildman–Crippen MR) is 82.1 cm³/mol. The minimum absolute atomic E-state index is 0.581. The number of nitrogens with two attached hydrogens (primary N) is 1. The summed E-state index contributed by atoms with van der Waals surface area (Å²) < 4.78 is 0. The molecule has 0 fully saturated rings. The van der Waals surface area contributed by atoms with E-state index < -0.39 is 0 Å². The van der Waals surface area contributed by atoms with Crippen LogP contribution in [0.25, 0.3) is 0 Å². The Morgan fingerprint density at radius 2 is 1.78 bits per heavy atom. The first kappa shape index (κ1) is 14.9. The van der Waals surface area contributed by atoms with Crippen LogP contribution in [0.4, 0.5) is 11.4 Å². The van der Waals surface area contributed by atoms with Gasteiger partial charge in [0.15, 0.2) is 0 Å². The zero-order valence-corrected chi connectivity index (χ0v) is 12.5. The molecule has 102 valence electrons. The fraction of sp³-hybridized carbons (Fsp3) is 0.625. The third-order valence-electron chi connectivity index (χ3n) is 3.44. The van der Waals surface area contributed by atoms with Crippen LogP contribution in [0, 0.1) is 12.8 Å². The summed E-state index contributed by atoms with van der Waals surface area (Å²) in [5, 5.41) is 0. The van der Waals surface area contributed by atoms with Crippen LogP contribution in [0.1, 0.15) is 46.1 Å². The van der Waals surface area contributed by atoms with Crippen LogP contribution in [0.3, 0.4) is 0 Å². The van der Waals surface area contributed by atoms with E-state index in [0.29, 0.717) is 12.0 Å². The molecule has 0 saturated heterocycles. The minimum Gasteiger partial charge on any atom is -0.397 e. The van der Waals surface area contributed by atoms with Crippen LogP contribution in [-0.2, 0) is 0 Å². The number of nitrogen functional groups attached to an aromatic ring is 1. The van der Waals surface area contributed by atoms with E-state index in [1.165, 1.54) is 11.3 Å². The van der Waals surface area contributed by atoms with Crippen molar-refractivity contribution in [3.8, 4) is 0 Å². The highest BCUT2D eigenvalue weighted by Gasteiger charge is 2.18. The number of benzene rings is 1. The molecule has 0 unspecified atom stereocenters. The molecular weight excluding hydrogens is 220 g/mol. The molecule has 0 aliphatic carbocycles. The van der Waals surface area contributed by atoms with Gasteiger partial charge >= 0.3 is 0 Å². The number of anilines is 2. The summed E-state index contributed by atoms with van der Waals surface area (Å²) in [6, 6.07) is 6.98. The van der Waals surface area contributed by atoms with E-state index in [2.05, 4.69) is 57.7 Å². The standard InChI is InChI=1S/C16H28N2/c1-6-14(7-2)18(11-12(3)4)16-9-8-13(5)10-15(16)17/h8-10,12,14H,6-7,11,17H2,1-5H3. The van der Waals surface area contributed by atoms with Crippen LogP contribution >= 0.6 is 0 Å². The molecule has 0 aliphatic heterocycles. The van der Waals surface area contributed by atoms with Gasteiger partial charge in [0.1, 0.15) is 0 Å². The molecule has 2 heteroatoms. The maximum Gasteiger partial charge on any atom is 0.0602 e. The SMILES string of the molecule is CCC(CC)N(CC(C)C)c1ccc(C)cc1N. The van der Waals surface area contributed by atoms with E-state index in [-0.39, 0.29) is 0 Å². The van der Waals surface area contributed by atoms with Crippen molar-refractivity contribution in [2.24, 2.45) is 5.92 Å². The van der Waals surface area contributed by atoms with E-state index in [1.54, 1.807) is 0 Å². The lowest BCUT2D eigenvalue weighted by Crippen LogP contribution is -2.37. The van der Waals surface area contributed by atoms with E-state index in [4.69, 9.17) is 5.73 Å². The Labute approximate surface area is 112 Å². The molecule has 0 amide bonds. The molecule has 1 rings (SSSR count). The molecular formula is C16H28N2. The van der Waals surface area contributed by atoms with Gasteiger partial charge in [-0.05, 0) is 43.4 Å². The molecule has 2 N–H and O–H groups in total. The van der Waals surface area contributed by atoms with Gasteiger partial charge < -0.3 is 10.6 Å². The van der Waals surface area contributed by atoms with E-state index in [0.717, 1.165) is 25.1 Å².